The van der Waals surface area contributed by atoms with E-state index in [0.29, 0.717) is 27.5 Å². The third kappa shape index (κ3) is 20.5. The number of alkyl halides is 12. The molecule has 0 aliphatic carbocycles. The SMILES string of the molecule is CCC(I)C(I)CC(I)C(I)CC(I)C(I)CC(I)C(I)CC(I)C(I)CC(I)C(I)CCC(=O)O. The summed E-state index contributed by atoms with van der Waals surface area (Å²) in [6, 6.07) is 0. The van der Waals surface area contributed by atoms with Gasteiger partial charge >= 0.3 is 5.97 Å². The fourth-order valence-electron chi connectivity index (χ4n) is 3.25. The summed E-state index contributed by atoms with van der Waals surface area (Å²) in [5.74, 6) is -0.681. The molecule has 0 aromatic rings. The van der Waals surface area contributed by atoms with E-state index in [1.54, 1.807) is 0 Å². The van der Waals surface area contributed by atoms with Crippen LogP contribution in [0.15, 0.2) is 0 Å². The zero-order chi connectivity index (χ0) is 28.2. The minimum absolute atomic E-state index is 0.279. The Labute approximate surface area is 383 Å². The van der Waals surface area contributed by atoms with Crippen molar-refractivity contribution in [2.24, 2.45) is 0 Å². The van der Waals surface area contributed by atoms with Gasteiger partial charge in [0.25, 0.3) is 0 Å². The minimum atomic E-state index is -0.681. The highest BCUT2D eigenvalue weighted by atomic mass is 127. The van der Waals surface area contributed by atoms with Crippen LogP contribution in [0.5, 0.6) is 0 Å². The van der Waals surface area contributed by atoms with Crippen LogP contribution in [0, 0.1) is 0 Å². The first-order valence-electron chi connectivity index (χ1n) is 11.5. The number of halogens is 12. The van der Waals surface area contributed by atoms with Crippen molar-refractivity contribution in [1.82, 2.24) is 0 Å². The summed E-state index contributed by atoms with van der Waals surface area (Å²) in [6.07, 6.45) is 8.63. The molecule has 12 unspecified atom stereocenters. The molecule has 0 spiro atoms. The smallest absolute Gasteiger partial charge is 0.303 e. The summed E-state index contributed by atoms with van der Waals surface area (Å²) in [7, 11) is 0. The lowest BCUT2D eigenvalue weighted by molar-refractivity contribution is -0.137. The summed E-state index contributed by atoms with van der Waals surface area (Å²) < 4.78 is 8.06. The van der Waals surface area contributed by atoms with Gasteiger partial charge in [0.2, 0.25) is 0 Å². The number of carboxylic acids is 1. The molecule has 0 aliphatic heterocycles. The topological polar surface area (TPSA) is 37.3 Å². The minimum Gasteiger partial charge on any atom is -0.481 e. The number of carbonyl (C=O) groups is 1. The monoisotopic (exact) mass is 1850 g/mol. The average molecular weight is 1850 g/mol. The van der Waals surface area contributed by atoms with E-state index in [2.05, 4.69) is 278 Å². The maximum Gasteiger partial charge on any atom is 0.303 e. The van der Waals surface area contributed by atoms with E-state index < -0.39 is 5.97 Å². The van der Waals surface area contributed by atoms with Gasteiger partial charge in [-0.15, -0.1) is 0 Å². The van der Waals surface area contributed by atoms with Gasteiger partial charge in [-0.1, -0.05) is 278 Å². The Bertz CT molecular complexity index is 603. The second-order valence-electron chi connectivity index (χ2n) is 8.71. The summed E-state index contributed by atoms with van der Waals surface area (Å²) in [5, 5.41) is 8.97. The Morgan fingerprint density at radius 2 is 0.694 bits per heavy atom. The Kier molecular flexibility index (Phi) is 31.1. The van der Waals surface area contributed by atoms with Crippen molar-refractivity contribution in [2.75, 3.05) is 0 Å². The highest BCUT2D eigenvalue weighted by Gasteiger charge is 2.31. The fourth-order valence-corrected chi connectivity index (χ4v) is 17.7. The summed E-state index contributed by atoms with van der Waals surface area (Å²) in [4.78, 5) is 10.9. The van der Waals surface area contributed by atoms with E-state index in [-0.39, 0.29) is 6.42 Å². The van der Waals surface area contributed by atoms with Gasteiger partial charge in [0.15, 0.2) is 0 Å². The highest BCUT2D eigenvalue weighted by molar-refractivity contribution is 14.1. The van der Waals surface area contributed by atoms with Crippen LogP contribution in [0.2, 0.25) is 0 Å². The van der Waals surface area contributed by atoms with Crippen LogP contribution in [0.1, 0.15) is 58.3 Å². The molecule has 2 nitrogen and oxygen atoms in total. The largest absolute Gasteiger partial charge is 0.481 e. The van der Waals surface area contributed by atoms with E-state index in [9.17, 15) is 4.79 Å². The first-order valence-corrected chi connectivity index (χ1v) is 26.5. The quantitative estimate of drug-likeness (QED) is 0.0974. The molecule has 0 amide bonds. The molecule has 0 bridgehead atoms. The molecule has 0 saturated heterocycles. The number of hydrogen-bond acceptors (Lipinski definition) is 1. The van der Waals surface area contributed by atoms with Crippen LogP contribution < -0.4 is 0 Å². The van der Waals surface area contributed by atoms with E-state index in [1.807, 2.05) is 0 Å². The van der Waals surface area contributed by atoms with E-state index in [4.69, 9.17) is 5.11 Å². The number of rotatable bonds is 20. The van der Waals surface area contributed by atoms with Crippen molar-refractivity contribution in [3.05, 3.63) is 0 Å². The van der Waals surface area contributed by atoms with Crippen molar-refractivity contribution in [3.8, 4) is 0 Å². The van der Waals surface area contributed by atoms with Gasteiger partial charge < -0.3 is 5.11 Å². The van der Waals surface area contributed by atoms with Gasteiger partial charge in [-0.05, 0) is 44.9 Å². The van der Waals surface area contributed by atoms with Crippen LogP contribution >= 0.6 is 271 Å². The van der Waals surface area contributed by atoms with Crippen LogP contribution in [-0.2, 0) is 4.79 Å². The first-order chi connectivity index (χ1) is 16.6. The van der Waals surface area contributed by atoms with E-state index in [0.717, 1.165) is 32.5 Å². The Morgan fingerprint density at radius 1 is 0.472 bits per heavy atom. The van der Waals surface area contributed by atoms with Gasteiger partial charge in [0, 0.05) is 53.5 Å². The third-order valence-electron chi connectivity index (χ3n) is 5.63. The normalized spacial score (nSPS) is 22.4. The molecule has 0 heterocycles. The lowest BCUT2D eigenvalue weighted by Gasteiger charge is -2.29. The summed E-state index contributed by atoms with van der Waals surface area (Å²) >= 11 is 31.9. The highest BCUT2D eigenvalue weighted by Crippen LogP contribution is 2.38. The molecular formula is C22H32I12O2. The maximum atomic E-state index is 10.9. The molecule has 36 heavy (non-hydrogen) atoms. The van der Waals surface area contributed by atoms with Crippen molar-refractivity contribution in [1.29, 1.82) is 0 Å². The Morgan fingerprint density at radius 3 is 0.917 bits per heavy atom. The maximum absolute atomic E-state index is 10.9. The van der Waals surface area contributed by atoms with Crippen molar-refractivity contribution < 1.29 is 9.90 Å². The summed E-state index contributed by atoms with van der Waals surface area (Å²) in [6.45, 7) is 2.31. The van der Waals surface area contributed by atoms with E-state index >= 15 is 0 Å². The molecule has 1 N–H and O–H groups in total. The Balaban J connectivity index is 4.59. The zero-order valence-corrected chi connectivity index (χ0v) is 45.4. The van der Waals surface area contributed by atoms with Crippen LogP contribution in [0.4, 0.5) is 0 Å². The molecule has 216 valence electrons. The van der Waals surface area contributed by atoms with E-state index in [1.165, 1.54) is 32.1 Å². The van der Waals surface area contributed by atoms with Gasteiger partial charge in [-0.3, -0.25) is 4.79 Å². The third-order valence-corrected chi connectivity index (χ3v) is 30.9. The van der Waals surface area contributed by atoms with Crippen molar-refractivity contribution >= 4 is 277 Å². The van der Waals surface area contributed by atoms with Crippen LogP contribution in [-0.4, -0.2) is 58.2 Å². The molecule has 0 radical (unpaired) electrons. The first kappa shape index (κ1) is 44.2. The average Bonchev–Trinajstić information content (AvgIpc) is 2.80. The number of hydrogen-bond donors (Lipinski definition) is 1. The fraction of sp³-hybridized carbons (Fsp3) is 0.955. The molecule has 0 fully saturated rings. The van der Waals surface area contributed by atoms with Crippen molar-refractivity contribution in [2.45, 2.75) is 105 Å². The molecule has 12 atom stereocenters. The molecule has 0 aliphatic rings. The van der Waals surface area contributed by atoms with Gasteiger partial charge in [-0.2, -0.15) is 0 Å². The standard InChI is InChI=1S/C22H32I12O2/c1-2-10(23)12(25)5-14(27)16(29)7-18(31)20(33)9-21(34)19(32)8-17(30)15(28)6-13(26)11(24)3-4-22(35)36/h10-21H,2-9H2,1H3,(H,35,36). The second-order valence-corrected chi connectivity index (χ2v) is 27.9. The summed E-state index contributed by atoms with van der Waals surface area (Å²) in [5.41, 5.74) is 0. The number of aliphatic carboxylic acids is 1. The lowest BCUT2D eigenvalue weighted by atomic mass is 10.0. The van der Waals surface area contributed by atoms with Crippen molar-refractivity contribution in [3.63, 3.8) is 0 Å². The predicted octanol–water partition coefficient (Wildman–Crippen LogP) is 12.9. The van der Waals surface area contributed by atoms with Gasteiger partial charge in [0.1, 0.15) is 0 Å². The molecule has 14 heteroatoms. The molecule has 0 saturated carbocycles. The van der Waals surface area contributed by atoms with Crippen LogP contribution in [0.25, 0.3) is 0 Å². The van der Waals surface area contributed by atoms with Gasteiger partial charge in [-0.25, -0.2) is 0 Å². The Hall–Kier alpha value is 8.23. The zero-order valence-electron chi connectivity index (χ0n) is 19.5. The molecular weight excluding hydrogens is 1820 g/mol. The second kappa shape index (κ2) is 25.3. The molecule has 0 aromatic heterocycles. The molecule has 0 rings (SSSR count). The molecule has 0 aromatic carbocycles. The predicted molar refractivity (Wildman–Crippen MR) is 264 cm³/mol. The lowest BCUT2D eigenvalue weighted by Crippen LogP contribution is -2.31. The number of carboxylic acid groups (broad SMARTS) is 1. The van der Waals surface area contributed by atoms with Crippen LogP contribution in [0.3, 0.4) is 0 Å². The van der Waals surface area contributed by atoms with Gasteiger partial charge in [0.05, 0.1) is 0 Å².